The number of nitrogens with one attached hydrogen (secondary N) is 1. The van der Waals surface area contributed by atoms with Gasteiger partial charge in [0.25, 0.3) is 0 Å². The highest BCUT2D eigenvalue weighted by molar-refractivity contribution is 6.12. The number of aromatic amines is 1. The molecule has 1 fully saturated rings. The second-order valence-corrected chi connectivity index (χ2v) is 8.46. The number of carboxylic acids is 1. The molecule has 170 valence electrons. The van der Waals surface area contributed by atoms with Gasteiger partial charge in [0.15, 0.2) is 11.7 Å². The summed E-state index contributed by atoms with van der Waals surface area (Å²) in [6.07, 6.45) is 5.05. The number of fused-ring (bicyclic) bond motifs is 2. The van der Waals surface area contributed by atoms with E-state index in [1.54, 1.807) is 31.5 Å². The molecule has 8 heteroatoms. The van der Waals surface area contributed by atoms with Crippen LogP contribution in [0.25, 0.3) is 17.1 Å². The minimum Gasteiger partial charge on any atom is -0.481 e. The van der Waals surface area contributed by atoms with Gasteiger partial charge in [-0.15, -0.1) is 0 Å². The van der Waals surface area contributed by atoms with Crippen molar-refractivity contribution in [2.75, 3.05) is 13.7 Å². The molecule has 0 amide bonds. The van der Waals surface area contributed by atoms with Crippen molar-refractivity contribution in [1.82, 2.24) is 14.9 Å². The van der Waals surface area contributed by atoms with Gasteiger partial charge in [-0.05, 0) is 42.7 Å². The number of carboxylic acid groups (broad SMARTS) is 1. The second-order valence-electron chi connectivity index (χ2n) is 8.46. The molecular formula is C25H25N3O5. The van der Waals surface area contributed by atoms with Crippen molar-refractivity contribution in [1.29, 1.82) is 0 Å². The van der Waals surface area contributed by atoms with Gasteiger partial charge < -0.3 is 19.6 Å². The lowest BCUT2D eigenvalue weighted by molar-refractivity contribution is -0.209. The number of hydrogen-bond acceptors (Lipinski definition) is 6. The second kappa shape index (κ2) is 8.13. The third-order valence-electron chi connectivity index (χ3n) is 6.77. The maximum atomic E-state index is 13.5. The van der Waals surface area contributed by atoms with E-state index in [1.807, 2.05) is 29.2 Å². The topological polar surface area (TPSA) is 105 Å². The summed E-state index contributed by atoms with van der Waals surface area (Å²) in [6.45, 7) is 2.76. The monoisotopic (exact) mass is 447 g/mol. The summed E-state index contributed by atoms with van der Waals surface area (Å²) in [5, 5.41) is 11.0. The molecule has 8 nitrogen and oxygen atoms in total. The summed E-state index contributed by atoms with van der Waals surface area (Å²) in [5.74, 6) is -3.21. The predicted octanol–water partition coefficient (Wildman–Crippen LogP) is 2.99. The number of aromatic nitrogens is 2. The molecule has 2 aliphatic heterocycles. The average molecular weight is 447 g/mol. The molecule has 2 aromatic heterocycles. The summed E-state index contributed by atoms with van der Waals surface area (Å²) in [7, 11) is 1.50. The number of ether oxygens (including phenoxy) is 2. The zero-order valence-corrected chi connectivity index (χ0v) is 18.4. The van der Waals surface area contributed by atoms with Gasteiger partial charge in [0, 0.05) is 43.5 Å². The fourth-order valence-electron chi connectivity index (χ4n) is 5.03. The molecule has 3 unspecified atom stereocenters. The van der Waals surface area contributed by atoms with Gasteiger partial charge in [0.2, 0.25) is 11.5 Å². The molecule has 2 N–H and O–H groups in total. The SMILES string of the molecule is COC(C)C1(N2CCc3ccccc3C2)O/C(=C\c2c[nH]c3ncccc23)C(=O)C1C(=O)O. The molecule has 33 heavy (non-hydrogen) atoms. The number of rotatable bonds is 5. The van der Waals surface area contributed by atoms with E-state index in [4.69, 9.17) is 9.47 Å². The van der Waals surface area contributed by atoms with Gasteiger partial charge in [-0.1, -0.05) is 24.3 Å². The first kappa shape index (κ1) is 21.4. The third-order valence-corrected chi connectivity index (χ3v) is 6.77. The van der Waals surface area contributed by atoms with Crippen molar-refractivity contribution in [2.24, 2.45) is 5.92 Å². The molecule has 5 rings (SSSR count). The predicted molar refractivity (Wildman–Crippen MR) is 121 cm³/mol. The van der Waals surface area contributed by atoms with Crippen molar-refractivity contribution in [2.45, 2.75) is 31.7 Å². The van der Waals surface area contributed by atoms with Crippen molar-refractivity contribution in [3.8, 4) is 0 Å². The highest BCUT2D eigenvalue weighted by atomic mass is 16.6. The van der Waals surface area contributed by atoms with Crippen LogP contribution in [0, 0.1) is 5.92 Å². The number of hydrogen-bond donors (Lipinski definition) is 2. The van der Waals surface area contributed by atoms with E-state index in [9.17, 15) is 14.7 Å². The van der Waals surface area contributed by atoms with E-state index in [0.29, 0.717) is 24.3 Å². The lowest BCUT2D eigenvalue weighted by Crippen LogP contribution is -2.63. The standard InChI is InChI=1S/C25H25N3O5/c1-15(32-2)25(28-11-9-16-6-3-4-7-17(16)14-28)21(24(30)31)22(29)20(33-25)12-18-13-27-23-19(18)8-5-10-26-23/h3-8,10,12-13,15,21H,9,11,14H2,1-2H3,(H,26,27)(H,30,31)/b20-12-. The normalized spacial score (nSPS) is 25.2. The summed E-state index contributed by atoms with van der Waals surface area (Å²) in [6, 6.07) is 11.7. The number of aliphatic carboxylic acids is 1. The molecule has 0 bridgehead atoms. The Morgan fingerprint density at radius 2 is 2.12 bits per heavy atom. The molecule has 0 saturated carbocycles. The van der Waals surface area contributed by atoms with E-state index in [-0.39, 0.29) is 5.76 Å². The van der Waals surface area contributed by atoms with Gasteiger partial charge in [-0.3, -0.25) is 14.5 Å². The van der Waals surface area contributed by atoms with Crippen molar-refractivity contribution >= 4 is 28.9 Å². The van der Waals surface area contributed by atoms with E-state index < -0.39 is 29.5 Å². The average Bonchev–Trinajstić information content (AvgIpc) is 3.37. The molecule has 0 aliphatic carbocycles. The quantitative estimate of drug-likeness (QED) is 0.458. The molecule has 0 spiro atoms. The Kier molecular flexibility index (Phi) is 5.26. The van der Waals surface area contributed by atoms with Gasteiger partial charge in [0.05, 0.1) is 0 Å². The summed E-state index contributed by atoms with van der Waals surface area (Å²) >= 11 is 0. The Balaban J connectivity index is 1.61. The number of carbonyl (C=O) groups excluding carboxylic acids is 1. The zero-order chi connectivity index (χ0) is 23.2. The maximum absolute atomic E-state index is 13.5. The van der Waals surface area contributed by atoms with Crippen LogP contribution in [0.15, 0.2) is 54.6 Å². The minimum atomic E-state index is -1.47. The zero-order valence-electron chi connectivity index (χ0n) is 18.4. The first-order valence-corrected chi connectivity index (χ1v) is 10.9. The minimum absolute atomic E-state index is 0.00918. The summed E-state index contributed by atoms with van der Waals surface area (Å²) in [4.78, 5) is 35.2. The van der Waals surface area contributed by atoms with E-state index >= 15 is 0 Å². The van der Waals surface area contributed by atoms with E-state index in [2.05, 4.69) is 16.0 Å². The molecule has 1 aromatic carbocycles. The largest absolute Gasteiger partial charge is 0.481 e. The van der Waals surface area contributed by atoms with Gasteiger partial charge in [-0.2, -0.15) is 0 Å². The van der Waals surface area contributed by atoms with Crippen LogP contribution >= 0.6 is 0 Å². The van der Waals surface area contributed by atoms with Crippen molar-refractivity contribution in [3.05, 3.63) is 71.2 Å². The highest BCUT2D eigenvalue weighted by Gasteiger charge is 2.64. The third kappa shape index (κ3) is 3.34. The van der Waals surface area contributed by atoms with Crippen LogP contribution in [-0.4, -0.2) is 57.2 Å². The summed E-state index contributed by atoms with van der Waals surface area (Å²) < 4.78 is 12.0. The number of Topliss-reactive ketones (excluding diaryl/α,β-unsaturated/α-hetero) is 1. The number of pyridine rings is 1. The number of H-pyrrole nitrogens is 1. The van der Waals surface area contributed by atoms with Crippen molar-refractivity contribution < 1.29 is 24.2 Å². The number of benzene rings is 1. The number of carbonyl (C=O) groups is 2. The van der Waals surface area contributed by atoms with E-state index in [1.165, 1.54) is 12.7 Å². The van der Waals surface area contributed by atoms with Crippen LogP contribution in [0.2, 0.25) is 0 Å². The van der Waals surface area contributed by atoms with Crippen LogP contribution in [0.1, 0.15) is 23.6 Å². The fourth-order valence-corrected chi connectivity index (χ4v) is 5.03. The van der Waals surface area contributed by atoms with Gasteiger partial charge >= 0.3 is 5.97 Å². The highest BCUT2D eigenvalue weighted by Crippen LogP contribution is 2.45. The Labute approximate surface area is 190 Å². The van der Waals surface area contributed by atoms with Crippen molar-refractivity contribution in [3.63, 3.8) is 0 Å². The van der Waals surface area contributed by atoms with Crippen LogP contribution in [0.3, 0.4) is 0 Å². The molecule has 4 heterocycles. The van der Waals surface area contributed by atoms with Crippen LogP contribution < -0.4 is 0 Å². The molecule has 0 radical (unpaired) electrons. The molecular weight excluding hydrogens is 422 g/mol. The fraction of sp³-hybridized carbons (Fsp3) is 0.320. The first-order chi connectivity index (χ1) is 16.0. The maximum Gasteiger partial charge on any atom is 0.320 e. The lowest BCUT2D eigenvalue weighted by atomic mass is 9.85. The van der Waals surface area contributed by atoms with Crippen LogP contribution in [0.5, 0.6) is 0 Å². The van der Waals surface area contributed by atoms with Gasteiger partial charge in [-0.25, -0.2) is 4.98 Å². The number of nitrogens with zero attached hydrogens (tertiary/aromatic N) is 2. The van der Waals surface area contributed by atoms with E-state index in [0.717, 1.165) is 17.4 Å². The smallest absolute Gasteiger partial charge is 0.320 e. The Morgan fingerprint density at radius 3 is 2.88 bits per heavy atom. The Hall–Kier alpha value is -3.49. The molecule has 3 atom stereocenters. The number of ketones is 1. The first-order valence-electron chi connectivity index (χ1n) is 10.9. The van der Waals surface area contributed by atoms with Crippen LogP contribution in [0.4, 0.5) is 0 Å². The Bertz CT molecular complexity index is 1270. The van der Waals surface area contributed by atoms with Gasteiger partial charge in [0.1, 0.15) is 11.8 Å². The van der Waals surface area contributed by atoms with Crippen LogP contribution in [-0.2, 0) is 32.0 Å². The Morgan fingerprint density at radius 1 is 1.33 bits per heavy atom. The molecule has 3 aromatic rings. The lowest BCUT2D eigenvalue weighted by Gasteiger charge is -2.46. The summed E-state index contributed by atoms with van der Waals surface area (Å²) in [5.41, 5.74) is 2.21. The number of methoxy groups -OCH3 is 1. The molecule has 1 saturated heterocycles. The number of allylic oxidation sites excluding steroid dienone is 1. The molecule has 2 aliphatic rings.